The summed E-state index contributed by atoms with van der Waals surface area (Å²) in [5, 5.41) is 3.41. The lowest BCUT2D eigenvalue weighted by atomic mass is 10.2. The molecule has 0 radical (unpaired) electrons. The van der Waals surface area contributed by atoms with Crippen LogP contribution in [0.3, 0.4) is 0 Å². The molecule has 96 valence electrons. The van der Waals surface area contributed by atoms with Crippen LogP contribution in [0, 0.1) is 6.92 Å². The number of aryl methyl sites for hydroxylation is 1. The minimum atomic E-state index is 0.521. The van der Waals surface area contributed by atoms with Gasteiger partial charge in [0.15, 0.2) is 0 Å². The first-order chi connectivity index (χ1) is 8.65. The molecule has 2 nitrogen and oxygen atoms in total. The van der Waals surface area contributed by atoms with Crippen LogP contribution in [0.2, 0.25) is 0 Å². The Kier molecular flexibility index (Phi) is 4.50. The third-order valence-corrected chi connectivity index (χ3v) is 3.83. The Hall–Kier alpha value is -1.19. The minimum absolute atomic E-state index is 0.521. The Bertz CT molecular complexity index is 487. The quantitative estimate of drug-likeness (QED) is 0.871. The van der Waals surface area contributed by atoms with Gasteiger partial charge in [-0.15, -0.1) is 0 Å². The average molecular weight is 261 g/mol. The van der Waals surface area contributed by atoms with Gasteiger partial charge in [-0.3, -0.25) is 0 Å². The van der Waals surface area contributed by atoms with Crippen LogP contribution in [-0.4, -0.2) is 6.04 Å². The lowest BCUT2D eigenvalue weighted by Crippen LogP contribution is -2.21. The summed E-state index contributed by atoms with van der Waals surface area (Å²) in [5.41, 5.74) is 1.32. The third kappa shape index (κ3) is 3.65. The molecule has 0 saturated carbocycles. The van der Waals surface area contributed by atoms with Crippen molar-refractivity contribution in [3.8, 4) is 0 Å². The Morgan fingerprint density at radius 1 is 1.17 bits per heavy atom. The minimum Gasteiger partial charge on any atom is -0.468 e. The summed E-state index contributed by atoms with van der Waals surface area (Å²) in [6.45, 7) is 7.23. The zero-order valence-electron chi connectivity index (χ0n) is 11.1. The molecule has 3 heteroatoms. The number of hydrogen-bond acceptors (Lipinski definition) is 3. The van der Waals surface area contributed by atoms with Crippen molar-refractivity contribution in [1.82, 2.24) is 5.32 Å². The molecule has 0 unspecified atom stereocenters. The smallest absolute Gasteiger partial charge is 0.114 e. The van der Waals surface area contributed by atoms with Crippen LogP contribution >= 0.6 is 11.8 Å². The second-order valence-corrected chi connectivity index (χ2v) is 5.74. The summed E-state index contributed by atoms with van der Waals surface area (Å²) in [6.07, 6.45) is 1.73. The van der Waals surface area contributed by atoms with E-state index in [1.165, 1.54) is 15.4 Å². The molecule has 0 amide bonds. The van der Waals surface area contributed by atoms with Crippen molar-refractivity contribution in [2.45, 2.75) is 43.1 Å². The van der Waals surface area contributed by atoms with Crippen molar-refractivity contribution in [2.75, 3.05) is 0 Å². The highest BCUT2D eigenvalue weighted by molar-refractivity contribution is 7.99. The molecule has 0 bridgehead atoms. The highest BCUT2D eigenvalue weighted by Gasteiger charge is 2.03. The molecule has 0 fully saturated rings. The van der Waals surface area contributed by atoms with Gasteiger partial charge in [0.2, 0.25) is 0 Å². The van der Waals surface area contributed by atoms with Gasteiger partial charge in [-0.1, -0.05) is 37.7 Å². The molecule has 1 N–H and O–H groups in total. The van der Waals surface area contributed by atoms with Gasteiger partial charge >= 0.3 is 0 Å². The zero-order chi connectivity index (χ0) is 13.0. The van der Waals surface area contributed by atoms with Gasteiger partial charge in [-0.2, -0.15) is 0 Å². The number of hydrogen-bond donors (Lipinski definition) is 1. The molecular formula is C15H19NOS. The van der Waals surface area contributed by atoms with Gasteiger partial charge in [0.1, 0.15) is 5.76 Å². The second-order valence-electron chi connectivity index (χ2n) is 4.62. The number of furan rings is 1. The maximum Gasteiger partial charge on any atom is 0.114 e. The highest BCUT2D eigenvalue weighted by atomic mass is 32.2. The fraction of sp³-hybridized carbons (Fsp3) is 0.333. The van der Waals surface area contributed by atoms with Crippen molar-refractivity contribution < 1.29 is 4.42 Å². The van der Waals surface area contributed by atoms with Gasteiger partial charge in [0.25, 0.3) is 0 Å². The van der Waals surface area contributed by atoms with Gasteiger partial charge in [0.05, 0.1) is 11.2 Å². The molecule has 0 atom stereocenters. The van der Waals surface area contributed by atoms with E-state index in [9.17, 15) is 0 Å². The van der Waals surface area contributed by atoms with Gasteiger partial charge in [0, 0.05) is 17.5 Å². The van der Waals surface area contributed by atoms with Crippen LogP contribution in [0.15, 0.2) is 50.8 Å². The lowest BCUT2D eigenvalue weighted by Gasteiger charge is -2.08. The highest BCUT2D eigenvalue weighted by Crippen LogP contribution is 2.30. The largest absolute Gasteiger partial charge is 0.468 e. The summed E-state index contributed by atoms with van der Waals surface area (Å²) in [7, 11) is 0. The van der Waals surface area contributed by atoms with Crippen molar-refractivity contribution in [3.05, 3.63) is 47.9 Å². The molecule has 0 aliphatic carbocycles. The fourth-order valence-corrected chi connectivity index (χ4v) is 2.45. The van der Waals surface area contributed by atoms with E-state index in [1.54, 1.807) is 18.0 Å². The average Bonchev–Trinajstić information content (AvgIpc) is 2.74. The molecule has 2 aromatic rings. The van der Waals surface area contributed by atoms with Crippen molar-refractivity contribution >= 4 is 11.8 Å². The second kappa shape index (κ2) is 6.12. The van der Waals surface area contributed by atoms with Crippen molar-refractivity contribution in [2.24, 2.45) is 0 Å². The van der Waals surface area contributed by atoms with Gasteiger partial charge < -0.3 is 9.73 Å². The van der Waals surface area contributed by atoms with Gasteiger partial charge in [-0.05, 0) is 30.7 Å². The van der Waals surface area contributed by atoms with E-state index in [0.29, 0.717) is 6.04 Å². The Morgan fingerprint density at radius 3 is 2.44 bits per heavy atom. The van der Waals surface area contributed by atoms with Crippen LogP contribution in [0.4, 0.5) is 0 Å². The maximum absolute atomic E-state index is 5.29. The molecule has 0 aliphatic heterocycles. The van der Waals surface area contributed by atoms with E-state index in [1.807, 2.05) is 13.0 Å². The fourth-order valence-electron chi connectivity index (χ4n) is 1.60. The van der Waals surface area contributed by atoms with E-state index < -0.39 is 0 Å². The molecule has 1 aromatic heterocycles. The molecule has 1 aromatic carbocycles. The summed E-state index contributed by atoms with van der Waals surface area (Å²) in [4.78, 5) is 2.43. The van der Waals surface area contributed by atoms with E-state index in [4.69, 9.17) is 4.42 Å². The van der Waals surface area contributed by atoms with E-state index in [0.717, 1.165) is 12.3 Å². The Labute approximate surface area is 113 Å². The van der Waals surface area contributed by atoms with E-state index in [2.05, 4.69) is 43.4 Å². The Balaban J connectivity index is 1.97. The third-order valence-electron chi connectivity index (χ3n) is 2.68. The predicted octanol–water partition coefficient (Wildman–Crippen LogP) is 4.24. The molecule has 0 spiro atoms. The first-order valence-electron chi connectivity index (χ1n) is 6.19. The standard InChI is InChI=1S/C15H19NOS/c1-11(2)16-10-13-4-6-14(7-5-13)18-15-8-9-17-12(15)3/h4-9,11,16H,10H2,1-3H3. The van der Waals surface area contributed by atoms with Crippen LogP contribution in [0.1, 0.15) is 25.2 Å². The molecule has 1 heterocycles. The van der Waals surface area contributed by atoms with Crippen LogP contribution in [-0.2, 0) is 6.54 Å². The number of rotatable bonds is 5. The molecule has 0 saturated heterocycles. The van der Waals surface area contributed by atoms with Crippen molar-refractivity contribution in [3.63, 3.8) is 0 Å². The molecule has 2 rings (SSSR count). The summed E-state index contributed by atoms with van der Waals surface area (Å²) >= 11 is 1.74. The van der Waals surface area contributed by atoms with E-state index in [-0.39, 0.29) is 0 Å². The maximum atomic E-state index is 5.29. The van der Waals surface area contributed by atoms with Crippen LogP contribution in [0.5, 0.6) is 0 Å². The van der Waals surface area contributed by atoms with Crippen LogP contribution < -0.4 is 5.32 Å². The predicted molar refractivity (Wildman–Crippen MR) is 76.0 cm³/mol. The number of nitrogens with one attached hydrogen (secondary N) is 1. The van der Waals surface area contributed by atoms with Crippen molar-refractivity contribution in [1.29, 1.82) is 0 Å². The molecule has 18 heavy (non-hydrogen) atoms. The zero-order valence-corrected chi connectivity index (χ0v) is 11.9. The Morgan fingerprint density at radius 2 is 1.89 bits per heavy atom. The molecular weight excluding hydrogens is 242 g/mol. The molecule has 0 aliphatic rings. The topological polar surface area (TPSA) is 25.2 Å². The lowest BCUT2D eigenvalue weighted by molar-refractivity contribution is 0.527. The normalized spacial score (nSPS) is 11.1. The first kappa shape index (κ1) is 13.2. The van der Waals surface area contributed by atoms with Gasteiger partial charge in [-0.25, -0.2) is 0 Å². The monoisotopic (exact) mass is 261 g/mol. The summed E-state index contributed by atoms with van der Waals surface area (Å²) in [5.74, 6) is 0.977. The van der Waals surface area contributed by atoms with E-state index >= 15 is 0 Å². The first-order valence-corrected chi connectivity index (χ1v) is 7.01. The summed E-state index contributed by atoms with van der Waals surface area (Å²) in [6, 6.07) is 11.2. The number of benzene rings is 1. The SMILES string of the molecule is Cc1occc1Sc1ccc(CNC(C)C)cc1. The summed E-state index contributed by atoms with van der Waals surface area (Å²) < 4.78 is 5.29. The van der Waals surface area contributed by atoms with Crippen LogP contribution in [0.25, 0.3) is 0 Å².